The van der Waals surface area contributed by atoms with Gasteiger partial charge in [0.05, 0.1) is 12.2 Å². The number of nitrogens with one attached hydrogen (secondary N) is 2. The molecule has 0 spiro atoms. The highest BCUT2D eigenvalue weighted by molar-refractivity contribution is 7.71. The third-order valence-electron chi connectivity index (χ3n) is 3.46. The van der Waals surface area contributed by atoms with E-state index < -0.39 is 0 Å². The van der Waals surface area contributed by atoms with E-state index in [-0.39, 0.29) is 5.91 Å². The quantitative estimate of drug-likeness (QED) is 0.685. The molecule has 0 aliphatic carbocycles. The monoisotopic (exact) mass is 339 g/mol. The third-order valence-corrected chi connectivity index (χ3v) is 3.78. The number of hydrogen-bond donors (Lipinski definition) is 2. The Bertz CT molecular complexity index is 914. The highest BCUT2D eigenvalue weighted by Crippen LogP contribution is 2.21. The minimum absolute atomic E-state index is 0.214. The maximum atomic E-state index is 12.5. The molecule has 0 unspecified atom stereocenters. The summed E-state index contributed by atoms with van der Waals surface area (Å²) in [6.45, 7) is 2.39. The molecular formula is C18H17N3O2S. The van der Waals surface area contributed by atoms with Crippen LogP contribution in [0, 0.1) is 4.77 Å². The Labute approximate surface area is 144 Å². The molecule has 0 saturated heterocycles. The van der Waals surface area contributed by atoms with E-state index in [2.05, 4.69) is 10.3 Å². The van der Waals surface area contributed by atoms with Crippen LogP contribution < -0.4 is 10.1 Å². The van der Waals surface area contributed by atoms with E-state index >= 15 is 0 Å². The van der Waals surface area contributed by atoms with Gasteiger partial charge in [0.1, 0.15) is 5.75 Å². The summed E-state index contributed by atoms with van der Waals surface area (Å²) in [6.07, 6.45) is 3.61. The van der Waals surface area contributed by atoms with Crippen molar-refractivity contribution in [3.63, 3.8) is 0 Å². The number of anilines is 1. The van der Waals surface area contributed by atoms with Crippen molar-refractivity contribution in [3.8, 4) is 11.4 Å². The molecule has 0 aliphatic heterocycles. The van der Waals surface area contributed by atoms with Gasteiger partial charge in [0, 0.05) is 23.8 Å². The average Bonchev–Trinajstić information content (AvgIpc) is 3.02. The average molecular weight is 339 g/mol. The minimum Gasteiger partial charge on any atom is -0.493 e. The summed E-state index contributed by atoms with van der Waals surface area (Å²) in [6, 6.07) is 14.7. The second-order valence-electron chi connectivity index (χ2n) is 5.07. The zero-order valence-corrected chi connectivity index (χ0v) is 14.0. The maximum Gasteiger partial charge on any atom is 0.259 e. The van der Waals surface area contributed by atoms with Crippen molar-refractivity contribution in [1.29, 1.82) is 0 Å². The number of nitrogens with zero attached hydrogens (tertiary/aromatic N) is 1. The molecule has 3 rings (SSSR count). The second kappa shape index (κ2) is 7.14. The van der Waals surface area contributed by atoms with Gasteiger partial charge in [0.2, 0.25) is 0 Å². The Hall–Kier alpha value is -2.86. The first-order valence-electron chi connectivity index (χ1n) is 7.58. The number of H-pyrrole nitrogens is 1. The highest BCUT2D eigenvalue weighted by atomic mass is 32.1. The number of imidazole rings is 1. The van der Waals surface area contributed by atoms with Crippen molar-refractivity contribution in [1.82, 2.24) is 9.55 Å². The van der Waals surface area contributed by atoms with Crippen LogP contribution in [0.2, 0.25) is 0 Å². The predicted octanol–water partition coefficient (Wildman–Crippen LogP) is 4.19. The van der Waals surface area contributed by atoms with Gasteiger partial charge in [-0.3, -0.25) is 9.36 Å². The molecule has 122 valence electrons. The fraction of sp³-hybridized carbons (Fsp3) is 0.111. The van der Waals surface area contributed by atoms with E-state index in [1.807, 2.05) is 54.1 Å². The van der Waals surface area contributed by atoms with Gasteiger partial charge in [0.15, 0.2) is 4.77 Å². The molecule has 0 bridgehead atoms. The smallest absolute Gasteiger partial charge is 0.259 e. The molecule has 3 aromatic rings. The molecule has 6 heteroatoms. The predicted molar refractivity (Wildman–Crippen MR) is 96.5 cm³/mol. The number of ether oxygens (including phenoxy) is 1. The van der Waals surface area contributed by atoms with Crippen molar-refractivity contribution in [2.45, 2.75) is 6.92 Å². The van der Waals surface area contributed by atoms with Gasteiger partial charge in [-0.2, -0.15) is 0 Å². The number of carbonyl (C=O) groups is 1. The number of para-hydroxylation sites is 1. The summed E-state index contributed by atoms with van der Waals surface area (Å²) in [4.78, 5) is 15.5. The van der Waals surface area contributed by atoms with Gasteiger partial charge in [-0.25, -0.2) is 0 Å². The molecule has 0 radical (unpaired) electrons. The fourth-order valence-electron chi connectivity index (χ4n) is 2.39. The number of aromatic amines is 1. The molecule has 0 aliphatic rings. The number of hydrogen-bond acceptors (Lipinski definition) is 3. The van der Waals surface area contributed by atoms with Crippen LogP contribution in [-0.2, 0) is 0 Å². The zero-order valence-electron chi connectivity index (χ0n) is 13.2. The maximum absolute atomic E-state index is 12.5. The van der Waals surface area contributed by atoms with E-state index in [1.54, 1.807) is 18.3 Å². The Balaban J connectivity index is 1.86. The minimum atomic E-state index is -0.214. The van der Waals surface area contributed by atoms with Gasteiger partial charge in [0.25, 0.3) is 5.91 Å². The van der Waals surface area contributed by atoms with Crippen LogP contribution in [0.3, 0.4) is 0 Å². The summed E-state index contributed by atoms with van der Waals surface area (Å²) < 4.78 is 7.94. The number of aromatic nitrogens is 2. The highest BCUT2D eigenvalue weighted by Gasteiger charge is 2.12. The summed E-state index contributed by atoms with van der Waals surface area (Å²) in [7, 11) is 0. The van der Waals surface area contributed by atoms with Gasteiger partial charge in [-0.15, -0.1) is 0 Å². The van der Waals surface area contributed by atoms with Gasteiger partial charge in [-0.1, -0.05) is 18.2 Å². The van der Waals surface area contributed by atoms with E-state index in [0.717, 1.165) is 5.69 Å². The van der Waals surface area contributed by atoms with E-state index in [0.29, 0.717) is 28.4 Å². The lowest BCUT2D eigenvalue weighted by atomic mass is 10.1. The Morgan fingerprint density at radius 1 is 1.25 bits per heavy atom. The topological polar surface area (TPSA) is 59.0 Å². The fourth-order valence-corrected chi connectivity index (χ4v) is 2.63. The number of amides is 1. The molecule has 24 heavy (non-hydrogen) atoms. The summed E-state index contributed by atoms with van der Waals surface area (Å²) in [5, 5.41) is 2.90. The molecule has 1 heterocycles. The van der Waals surface area contributed by atoms with E-state index in [4.69, 9.17) is 17.0 Å². The van der Waals surface area contributed by atoms with Crippen molar-refractivity contribution < 1.29 is 9.53 Å². The van der Waals surface area contributed by atoms with Gasteiger partial charge in [-0.05, 0) is 49.5 Å². The van der Waals surface area contributed by atoms with E-state index in [9.17, 15) is 4.79 Å². The molecule has 0 fully saturated rings. The van der Waals surface area contributed by atoms with Crippen LogP contribution in [0.4, 0.5) is 5.69 Å². The molecule has 1 amide bonds. The molecule has 5 nitrogen and oxygen atoms in total. The lowest BCUT2D eigenvalue weighted by Gasteiger charge is -2.11. The van der Waals surface area contributed by atoms with Gasteiger partial charge < -0.3 is 15.0 Å². The van der Waals surface area contributed by atoms with Crippen molar-refractivity contribution in [3.05, 3.63) is 71.3 Å². The van der Waals surface area contributed by atoms with E-state index in [1.165, 1.54) is 0 Å². The molecule has 0 saturated carbocycles. The number of rotatable bonds is 5. The Morgan fingerprint density at radius 3 is 2.83 bits per heavy atom. The van der Waals surface area contributed by atoms with Crippen LogP contribution in [0.25, 0.3) is 5.69 Å². The lowest BCUT2D eigenvalue weighted by Crippen LogP contribution is -2.13. The van der Waals surface area contributed by atoms with Crippen molar-refractivity contribution in [2.24, 2.45) is 0 Å². The van der Waals surface area contributed by atoms with Crippen LogP contribution >= 0.6 is 12.2 Å². The SMILES string of the molecule is CCOc1ccccc1C(=O)Nc1cccc(-n2cc[nH]c2=S)c1. The molecule has 1 aromatic heterocycles. The van der Waals surface area contributed by atoms with Crippen LogP contribution in [0.5, 0.6) is 5.75 Å². The Morgan fingerprint density at radius 2 is 2.08 bits per heavy atom. The largest absolute Gasteiger partial charge is 0.493 e. The second-order valence-corrected chi connectivity index (χ2v) is 5.46. The molecule has 2 aromatic carbocycles. The molecular weight excluding hydrogens is 322 g/mol. The normalized spacial score (nSPS) is 10.4. The van der Waals surface area contributed by atoms with Gasteiger partial charge >= 0.3 is 0 Å². The number of carbonyl (C=O) groups excluding carboxylic acids is 1. The zero-order chi connectivity index (χ0) is 16.9. The van der Waals surface area contributed by atoms with Crippen LogP contribution in [0.15, 0.2) is 60.9 Å². The standard InChI is InChI=1S/C18H17N3O2S/c1-2-23-16-9-4-3-8-15(16)17(22)20-13-6-5-7-14(12-13)21-11-10-19-18(21)24/h3-12H,2H2,1H3,(H,19,24)(H,20,22). The van der Waals surface area contributed by atoms with Crippen molar-refractivity contribution >= 4 is 23.8 Å². The number of benzene rings is 2. The first kappa shape index (κ1) is 16.0. The molecule has 2 N–H and O–H groups in total. The summed E-state index contributed by atoms with van der Waals surface area (Å²) >= 11 is 5.22. The Kier molecular flexibility index (Phi) is 4.77. The first-order chi connectivity index (χ1) is 11.7. The summed E-state index contributed by atoms with van der Waals surface area (Å²) in [5.74, 6) is 0.357. The third kappa shape index (κ3) is 3.38. The first-order valence-corrected chi connectivity index (χ1v) is 7.99. The lowest BCUT2D eigenvalue weighted by molar-refractivity contribution is 0.102. The van der Waals surface area contributed by atoms with Crippen LogP contribution in [-0.4, -0.2) is 22.1 Å². The van der Waals surface area contributed by atoms with Crippen LogP contribution in [0.1, 0.15) is 17.3 Å². The summed E-state index contributed by atoms with van der Waals surface area (Å²) in [5.41, 5.74) is 2.06. The van der Waals surface area contributed by atoms with Crippen molar-refractivity contribution in [2.75, 3.05) is 11.9 Å². The molecule has 0 atom stereocenters.